The van der Waals surface area contributed by atoms with Gasteiger partial charge in [0.2, 0.25) is 5.89 Å². The van der Waals surface area contributed by atoms with Crippen LogP contribution in [0, 0.1) is 11.8 Å². The van der Waals surface area contributed by atoms with E-state index in [4.69, 9.17) is 4.52 Å². The van der Waals surface area contributed by atoms with Gasteiger partial charge in [-0.1, -0.05) is 19.0 Å². The summed E-state index contributed by atoms with van der Waals surface area (Å²) in [5.41, 5.74) is -0.837. The van der Waals surface area contributed by atoms with Gasteiger partial charge in [0.15, 0.2) is 5.82 Å². The Kier molecular flexibility index (Phi) is 4.58. The van der Waals surface area contributed by atoms with Gasteiger partial charge in [0.1, 0.15) is 5.54 Å². The number of hydrogen-bond acceptors (Lipinski definition) is 6. The fourth-order valence-electron chi connectivity index (χ4n) is 3.50. The van der Waals surface area contributed by atoms with Crippen LogP contribution in [-0.4, -0.2) is 45.6 Å². The third kappa shape index (κ3) is 3.43. The van der Waals surface area contributed by atoms with E-state index in [1.54, 1.807) is 6.92 Å². The molecule has 132 valence electrons. The molecular weight excluding hydrogens is 310 g/mol. The van der Waals surface area contributed by atoms with E-state index >= 15 is 0 Å². The van der Waals surface area contributed by atoms with Crippen LogP contribution in [0.25, 0.3) is 0 Å². The van der Waals surface area contributed by atoms with Crippen molar-refractivity contribution in [2.45, 2.75) is 52.1 Å². The van der Waals surface area contributed by atoms with Crippen LogP contribution in [0.1, 0.15) is 45.3 Å². The first-order chi connectivity index (χ1) is 11.4. The molecular formula is C16H25N5O3. The number of hydrogen-bond donors (Lipinski definition) is 2. The standard InChI is InChI=1S/C16H25N5O3/c1-10(2)7-13-17-12(20-24-13)9-21-6-4-5-11(8-21)16(3)14(22)18-15(23)19-16/h10-11H,4-9H2,1-3H3,(H2,18,19,22,23)/t11-,16+/m1/s1. The Labute approximate surface area is 141 Å². The van der Waals surface area contributed by atoms with Crippen LogP contribution in [0.5, 0.6) is 0 Å². The van der Waals surface area contributed by atoms with Crippen LogP contribution in [0.2, 0.25) is 0 Å². The van der Waals surface area contributed by atoms with Crippen molar-refractivity contribution in [2.24, 2.45) is 11.8 Å². The predicted molar refractivity (Wildman–Crippen MR) is 85.9 cm³/mol. The molecule has 2 N–H and O–H groups in total. The number of carbonyl (C=O) groups is 2. The van der Waals surface area contributed by atoms with Crippen LogP contribution in [0.15, 0.2) is 4.52 Å². The van der Waals surface area contributed by atoms with Crippen LogP contribution in [-0.2, 0) is 17.8 Å². The molecule has 2 saturated heterocycles. The molecule has 24 heavy (non-hydrogen) atoms. The number of nitrogens with zero attached hydrogens (tertiary/aromatic N) is 3. The largest absolute Gasteiger partial charge is 0.339 e. The van der Waals surface area contributed by atoms with Gasteiger partial charge in [-0.05, 0) is 32.2 Å². The second kappa shape index (κ2) is 6.51. The average Bonchev–Trinajstić information content (AvgIpc) is 3.03. The molecule has 3 rings (SSSR count). The van der Waals surface area contributed by atoms with E-state index in [0.717, 1.165) is 32.4 Å². The van der Waals surface area contributed by atoms with Gasteiger partial charge in [-0.2, -0.15) is 4.98 Å². The van der Waals surface area contributed by atoms with Crippen molar-refractivity contribution in [3.8, 4) is 0 Å². The Hall–Kier alpha value is -1.96. The van der Waals surface area contributed by atoms with Crippen LogP contribution < -0.4 is 10.6 Å². The zero-order valence-electron chi connectivity index (χ0n) is 14.5. The van der Waals surface area contributed by atoms with E-state index in [1.807, 2.05) is 0 Å². The van der Waals surface area contributed by atoms with Crippen LogP contribution >= 0.6 is 0 Å². The zero-order valence-corrected chi connectivity index (χ0v) is 14.5. The smallest absolute Gasteiger partial charge is 0.322 e. The highest BCUT2D eigenvalue weighted by Crippen LogP contribution is 2.30. The molecule has 1 aromatic heterocycles. The molecule has 0 aliphatic carbocycles. The van der Waals surface area contributed by atoms with Gasteiger partial charge in [-0.3, -0.25) is 15.0 Å². The van der Waals surface area contributed by atoms with Crippen molar-refractivity contribution in [2.75, 3.05) is 13.1 Å². The Morgan fingerprint density at radius 2 is 2.21 bits per heavy atom. The number of nitrogens with one attached hydrogen (secondary N) is 2. The van der Waals surface area contributed by atoms with Gasteiger partial charge in [0, 0.05) is 18.9 Å². The highest BCUT2D eigenvalue weighted by Gasteiger charge is 2.48. The summed E-state index contributed by atoms with van der Waals surface area (Å²) >= 11 is 0. The summed E-state index contributed by atoms with van der Waals surface area (Å²) in [5, 5.41) is 9.18. The first-order valence-corrected chi connectivity index (χ1v) is 8.54. The topological polar surface area (TPSA) is 100 Å². The van der Waals surface area contributed by atoms with Crippen molar-refractivity contribution in [1.82, 2.24) is 25.7 Å². The molecule has 0 spiro atoms. The maximum Gasteiger partial charge on any atom is 0.322 e. The van der Waals surface area contributed by atoms with Crippen molar-refractivity contribution in [1.29, 1.82) is 0 Å². The quantitative estimate of drug-likeness (QED) is 0.781. The first-order valence-electron chi connectivity index (χ1n) is 8.54. The van der Waals surface area contributed by atoms with Crippen molar-refractivity contribution in [3.05, 3.63) is 11.7 Å². The molecule has 3 heterocycles. The maximum absolute atomic E-state index is 12.1. The number of carbonyl (C=O) groups excluding carboxylic acids is 2. The number of likely N-dealkylation sites (tertiary alicyclic amines) is 1. The third-order valence-corrected chi connectivity index (χ3v) is 4.85. The summed E-state index contributed by atoms with van der Waals surface area (Å²) in [6, 6.07) is -0.406. The second-order valence-electron chi connectivity index (χ2n) is 7.39. The summed E-state index contributed by atoms with van der Waals surface area (Å²) in [6.07, 6.45) is 2.66. The number of aromatic nitrogens is 2. The third-order valence-electron chi connectivity index (χ3n) is 4.85. The fourth-order valence-corrected chi connectivity index (χ4v) is 3.50. The number of rotatable bonds is 5. The van der Waals surface area contributed by atoms with Crippen molar-refractivity contribution < 1.29 is 14.1 Å². The summed E-state index contributed by atoms with van der Waals surface area (Å²) < 4.78 is 5.29. The molecule has 2 aliphatic heterocycles. The molecule has 0 radical (unpaired) electrons. The zero-order chi connectivity index (χ0) is 17.3. The second-order valence-corrected chi connectivity index (χ2v) is 7.39. The molecule has 2 fully saturated rings. The first kappa shape index (κ1) is 16.9. The van der Waals surface area contributed by atoms with Gasteiger partial charge in [-0.25, -0.2) is 4.79 Å². The summed E-state index contributed by atoms with van der Waals surface area (Å²) in [6.45, 7) is 8.27. The average molecular weight is 335 g/mol. The summed E-state index contributed by atoms with van der Waals surface area (Å²) in [4.78, 5) is 30.3. The highest BCUT2D eigenvalue weighted by molar-refractivity contribution is 6.06. The van der Waals surface area contributed by atoms with E-state index in [1.165, 1.54) is 0 Å². The summed E-state index contributed by atoms with van der Waals surface area (Å²) in [5.74, 6) is 1.65. The lowest BCUT2D eigenvalue weighted by Crippen LogP contribution is -2.55. The lowest BCUT2D eigenvalue weighted by molar-refractivity contribution is -0.126. The lowest BCUT2D eigenvalue weighted by atomic mass is 9.80. The van der Waals surface area contributed by atoms with Gasteiger partial charge < -0.3 is 9.84 Å². The number of urea groups is 1. The molecule has 0 saturated carbocycles. The number of amides is 3. The molecule has 0 aromatic carbocycles. The maximum atomic E-state index is 12.1. The fraction of sp³-hybridized carbons (Fsp3) is 0.750. The molecule has 0 unspecified atom stereocenters. The number of piperidine rings is 1. The summed E-state index contributed by atoms with van der Waals surface area (Å²) in [7, 11) is 0. The van der Waals surface area contributed by atoms with E-state index < -0.39 is 11.6 Å². The molecule has 2 atom stereocenters. The van der Waals surface area contributed by atoms with Crippen molar-refractivity contribution in [3.63, 3.8) is 0 Å². The molecule has 8 heteroatoms. The van der Waals surface area contributed by atoms with E-state index in [-0.39, 0.29) is 11.8 Å². The Bertz CT molecular complexity index is 629. The number of imide groups is 1. The normalized spacial score (nSPS) is 28.2. The molecule has 8 nitrogen and oxygen atoms in total. The highest BCUT2D eigenvalue weighted by atomic mass is 16.5. The molecule has 0 bridgehead atoms. The Balaban J connectivity index is 1.62. The van der Waals surface area contributed by atoms with Crippen LogP contribution in [0.3, 0.4) is 0 Å². The minimum Gasteiger partial charge on any atom is -0.339 e. The monoisotopic (exact) mass is 335 g/mol. The van der Waals surface area contributed by atoms with E-state index in [2.05, 4.69) is 39.5 Å². The minimum absolute atomic E-state index is 0.0692. The molecule has 2 aliphatic rings. The molecule has 3 amide bonds. The van der Waals surface area contributed by atoms with Gasteiger partial charge in [-0.15, -0.1) is 0 Å². The minimum atomic E-state index is -0.837. The van der Waals surface area contributed by atoms with E-state index in [0.29, 0.717) is 24.2 Å². The van der Waals surface area contributed by atoms with Crippen molar-refractivity contribution >= 4 is 11.9 Å². The van der Waals surface area contributed by atoms with Gasteiger partial charge >= 0.3 is 6.03 Å². The van der Waals surface area contributed by atoms with Crippen LogP contribution in [0.4, 0.5) is 4.79 Å². The SMILES string of the molecule is CC(C)Cc1nc(CN2CCC[C@@H]([C@]3(C)NC(=O)NC3=O)C2)no1. The van der Waals surface area contributed by atoms with E-state index in [9.17, 15) is 9.59 Å². The predicted octanol–water partition coefficient (Wildman–Crippen LogP) is 1.08. The Morgan fingerprint density at radius 1 is 1.42 bits per heavy atom. The van der Waals surface area contributed by atoms with Gasteiger partial charge in [0.25, 0.3) is 5.91 Å². The molecule has 1 aromatic rings. The van der Waals surface area contributed by atoms with Gasteiger partial charge in [0.05, 0.1) is 6.54 Å². The lowest BCUT2D eigenvalue weighted by Gasteiger charge is -2.39. The Morgan fingerprint density at radius 3 is 2.88 bits per heavy atom.